The number of hydrogen-bond acceptors (Lipinski definition) is 4. The Morgan fingerprint density at radius 3 is 2.90 bits per heavy atom. The molecule has 0 saturated carbocycles. The third-order valence-corrected chi connectivity index (χ3v) is 3.86. The number of ether oxygens (including phenoxy) is 1. The number of nitrogens with one attached hydrogen (secondary N) is 2. The molecule has 1 atom stereocenters. The van der Waals surface area contributed by atoms with Crippen molar-refractivity contribution < 1.29 is 9.53 Å². The standard InChI is InChI=1S/C15H23N3O3/c1-10-13(11(2)18-15(20)17-10)6-7-14(19)16-9-12-5-3-4-8-21-12/h12H,3-9H2,1-2H3,(H,16,19)(H,17,18,20). The Balaban J connectivity index is 1.80. The summed E-state index contributed by atoms with van der Waals surface area (Å²) in [5.41, 5.74) is 2.09. The molecule has 0 aliphatic carbocycles. The van der Waals surface area contributed by atoms with Crippen LogP contribution in [0.5, 0.6) is 0 Å². The van der Waals surface area contributed by atoms with E-state index in [1.807, 2.05) is 6.92 Å². The lowest BCUT2D eigenvalue weighted by Gasteiger charge is -2.22. The first kappa shape index (κ1) is 15.7. The largest absolute Gasteiger partial charge is 0.376 e. The Hall–Kier alpha value is -1.69. The summed E-state index contributed by atoms with van der Waals surface area (Å²) in [6.07, 6.45) is 4.42. The number of aryl methyl sites for hydroxylation is 2. The third kappa shape index (κ3) is 4.67. The molecular formula is C15H23N3O3. The lowest BCUT2D eigenvalue weighted by Crippen LogP contribution is -2.35. The maximum Gasteiger partial charge on any atom is 0.345 e. The molecule has 6 nitrogen and oxygen atoms in total. The van der Waals surface area contributed by atoms with Gasteiger partial charge in [-0.1, -0.05) is 0 Å². The SMILES string of the molecule is Cc1nc(=O)[nH]c(C)c1CCC(=O)NCC1CCCCO1. The van der Waals surface area contributed by atoms with Gasteiger partial charge in [-0.25, -0.2) is 4.79 Å². The van der Waals surface area contributed by atoms with Crippen LogP contribution in [0.25, 0.3) is 0 Å². The number of hydrogen-bond donors (Lipinski definition) is 2. The molecule has 2 heterocycles. The van der Waals surface area contributed by atoms with E-state index in [1.54, 1.807) is 6.92 Å². The molecule has 1 fully saturated rings. The summed E-state index contributed by atoms with van der Waals surface area (Å²) >= 11 is 0. The monoisotopic (exact) mass is 293 g/mol. The lowest BCUT2D eigenvalue weighted by atomic mass is 10.1. The van der Waals surface area contributed by atoms with Gasteiger partial charge in [0.1, 0.15) is 0 Å². The van der Waals surface area contributed by atoms with Crippen molar-refractivity contribution in [1.29, 1.82) is 0 Å². The van der Waals surface area contributed by atoms with E-state index in [9.17, 15) is 9.59 Å². The van der Waals surface area contributed by atoms with Crippen LogP contribution in [-0.2, 0) is 16.0 Å². The minimum Gasteiger partial charge on any atom is -0.376 e. The molecule has 116 valence electrons. The molecule has 2 rings (SSSR count). The van der Waals surface area contributed by atoms with E-state index < -0.39 is 0 Å². The normalized spacial score (nSPS) is 18.5. The Morgan fingerprint density at radius 2 is 2.24 bits per heavy atom. The van der Waals surface area contributed by atoms with Crippen LogP contribution in [0, 0.1) is 13.8 Å². The van der Waals surface area contributed by atoms with Crippen LogP contribution >= 0.6 is 0 Å². The molecule has 0 aromatic carbocycles. The van der Waals surface area contributed by atoms with Crippen molar-refractivity contribution in [2.24, 2.45) is 0 Å². The fourth-order valence-electron chi connectivity index (χ4n) is 2.65. The van der Waals surface area contributed by atoms with Crippen molar-refractivity contribution in [3.8, 4) is 0 Å². The van der Waals surface area contributed by atoms with E-state index in [0.717, 1.165) is 30.7 Å². The minimum absolute atomic E-state index is 0.00849. The number of H-pyrrole nitrogens is 1. The van der Waals surface area contributed by atoms with Gasteiger partial charge in [-0.05, 0) is 45.1 Å². The molecule has 2 N–H and O–H groups in total. The van der Waals surface area contributed by atoms with Gasteiger partial charge in [0.05, 0.1) is 6.10 Å². The average molecular weight is 293 g/mol. The molecule has 1 amide bonds. The van der Waals surface area contributed by atoms with Crippen molar-refractivity contribution >= 4 is 5.91 Å². The van der Waals surface area contributed by atoms with Gasteiger partial charge in [-0.3, -0.25) is 4.79 Å². The van der Waals surface area contributed by atoms with Crippen molar-refractivity contribution in [1.82, 2.24) is 15.3 Å². The molecule has 0 spiro atoms. The van der Waals surface area contributed by atoms with Crippen LogP contribution in [0.15, 0.2) is 4.79 Å². The molecule has 1 aromatic rings. The van der Waals surface area contributed by atoms with Crippen LogP contribution in [0.2, 0.25) is 0 Å². The Kier molecular flexibility index (Phi) is 5.50. The van der Waals surface area contributed by atoms with Gasteiger partial charge in [-0.2, -0.15) is 4.98 Å². The molecule has 1 aliphatic heterocycles. The number of aromatic nitrogens is 2. The zero-order valence-corrected chi connectivity index (χ0v) is 12.7. The van der Waals surface area contributed by atoms with Crippen molar-refractivity contribution in [2.75, 3.05) is 13.2 Å². The van der Waals surface area contributed by atoms with Crippen LogP contribution < -0.4 is 11.0 Å². The zero-order chi connectivity index (χ0) is 15.2. The van der Waals surface area contributed by atoms with Crippen LogP contribution in [0.4, 0.5) is 0 Å². The predicted octanol–water partition coefficient (Wildman–Crippen LogP) is 1.00. The predicted molar refractivity (Wildman–Crippen MR) is 79.3 cm³/mol. The van der Waals surface area contributed by atoms with Gasteiger partial charge in [-0.15, -0.1) is 0 Å². The highest BCUT2D eigenvalue weighted by molar-refractivity contribution is 5.76. The lowest BCUT2D eigenvalue weighted by molar-refractivity contribution is -0.122. The fraction of sp³-hybridized carbons (Fsp3) is 0.667. The van der Waals surface area contributed by atoms with Gasteiger partial charge >= 0.3 is 5.69 Å². The van der Waals surface area contributed by atoms with E-state index in [0.29, 0.717) is 25.1 Å². The molecule has 0 radical (unpaired) electrons. The third-order valence-electron chi connectivity index (χ3n) is 3.86. The topological polar surface area (TPSA) is 84.1 Å². The summed E-state index contributed by atoms with van der Waals surface area (Å²) in [7, 11) is 0. The number of amides is 1. The van der Waals surface area contributed by atoms with Gasteiger partial charge < -0.3 is 15.0 Å². The highest BCUT2D eigenvalue weighted by Gasteiger charge is 2.15. The molecule has 1 aromatic heterocycles. The van der Waals surface area contributed by atoms with Crippen LogP contribution in [-0.4, -0.2) is 35.1 Å². The van der Waals surface area contributed by atoms with Gasteiger partial charge in [0.2, 0.25) is 5.91 Å². The van der Waals surface area contributed by atoms with Gasteiger partial charge in [0, 0.05) is 31.0 Å². The highest BCUT2D eigenvalue weighted by atomic mass is 16.5. The molecule has 21 heavy (non-hydrogen) atoms. The van der Waals surface area contributed by atoms with Crippen molar-refractivity contribution in [3.05, 3.63) is 27.4 Å². The zero-order valence-electron chi connectivity index (χ0n) is 12.7. The quantitative estimate of drug-likeness (QED) is 0.848. The first-order valence-electron chi connectivity index (χ1n) is 7.51. The summed E-state index contributed by atoms with van der Waals surface area (Å²) in [6, 6.07) is 0. The molecule has 6 heteroatoms. The first-order chi connectivity index (χ1) is 10.1. The second kappa shape index (κ2) is 7.36. The van der Waals surface area contributed by atoms with E-state index in [1.165, 1.54) is 6.42 Å². The second-order valence-electron chi connectivity index (χ2n) is 5.52. The van der Waals surface area contributed by atoms with Crippen molar-refractivity contribution in [2.45, 2.75) is 52.1 Å². The minimum atomic E-state index is -0.340. The molecule has 1 saturated heterocycles. The smallest absolute Gasteiger partial charge is 0.345 e. The number of carbonyl (C=O) groups is 1. The highest BCUT2D eigenvalue weighted by Crippen LogP contribution is 2.12. The molecule has 0 bridgehead atoms. The number of nitrogens with zero attached hydrogens (tertiary/aromatic N) is 1. The van der Waals surface area contributed by atoms with E-state index >= 15 is 0 Å². The molecule has 1 aliphatic rings. The second-order valence-corrected chi connectivity index (χ2v) is 5.52. The number of rotatable bonds is 5. The van der Waals surface area contributed by atoms with Crippen molar-refractivity contribution in [3.63, 3.8) is 0 Å². The van der Waals surface area contributed by atoms with E-state index in [2.05, 4.69) is 15.3 Å². The Bertz CT molecular complexity index is 521. The summed E-state index contributed by atoms with van der Waals surface area (Å²) < 4.78 is 5.58. The molecule has 1 unspecified atom stereocenters. The summed E-state index contributed by atoms with van der Waals surface area (Å²) in [6.45, 7) is 5.01. The first-order valence-corrected chi connectivity index (χ1v) is 7.51. The van der Waals surface area contributed by atoms with Gasteiger partial charge in [0.25, 0.3) is 0 Å². The number of carbonyl (C=O) groups excluding carboxylic acids is 1. The van der Waals surface area contributed by atoms with Gasteiger partial charge in [0.15, 0.2) is 0 Å². The van der Waals surface area contributed by atoms with E-state index in [4.69, 9.17) is 4.74 Å². The number of aromatic amines is 1. The summed E-state index contributed by atoms with van der Waals surface area (Å²) in [4.78, 5) is 29.6. The Labute approximate surface area is 124 Å². The fourth-order valence-corrected chi connectivity index (χ4v) is 2.65. The molecular weight excluding hydrogens is 270 g/mol. The maximum atomic E-state index is 11.9. The van der Waals surface area contributed by atoms with E-state index in [-0.39, 0.29) is 17.7 Å². The Morgan fingerprint density at radius 1 is 1.43 bits per heavy atom. The van der Waals surface area contributed by atoms with Crippen LogP contribution in [0.1, 0.15) is 42.6 Å². The summed E-state index contributed by atoms with van der Waals surface area (Å²) in [5, 5.41) is 2.92. The summed E-state index contributed by atoms with van der Waals surface area (Å²) in [5.74, 6) is 0.00849. The average Bonchev–Trinajstić information content (AvgIpc) is 2.45. The van der Waals surface area contributed by atoms with Crippen LogP contribution in [0.3, 0.4) is 0 Å². The maximum absolute atomic E-state index is 11.9.